The van der Waals surface area contributed by atoms with Crippen LogP contribution in [0.15, 0.2) is 27.7 Å². The predicted octanol–water partition coefficient (Wildman–Crippen LogP) is 1.72. The van der Waals surface area contributed by atoms with Crippen molar-refractivity contribution in [3.8, 4) is 6.07 Å². The molecular formula is C12H10BrN5O. The second-order valence-corrected chi connectivity index (χ2v) is 4.65. The fourth-order valence-electron chi connectivity index (χ4n) is 1.52. The van der Waals surface area contributed by atoms with Gasteiger partial charge in [0.15, 0.2) is 0 Å². The number of hydrogen-bond donors (Lipinski definition) is 2. The summed E-state index contributed by atoms with van der Waals surface area (Å²) in [6, 6.07) is 3.76. The zero-order valence-electron chi connectivity index (χ0n) is 10.1. The molecule has 0 saturated heterocycles. The van der Waals surface area contributed by atoms with E-state index in [4.69, 9.17) is 5.26 Å². The van der Waals surface area contributed by atoms with Gasteiger partial charge in [-0.05, 0) is 34.5 Å². The number of nitrogens with zero attached hydrogens (tertiary/aromatic N) is 3. The van der Waals surface area contributed by atoms with Gasteiger partial charge in [-0.1, -0.05) is 0 Å². The van der Waals surface area contributed by atoms with E-state index >= 15 is 0 Å². The topological polar surface area (TPSA) is 94.5 Å². The second kappa shape index (κ2) is 5.63. The minimum atomic E-state index is -0.237. The van der Waals surface area contributed by atoms with Crippen molar-refractivity contribution >= 4 is 21.7 Å². The number of rotatable bonds is 3. The molecule has 0 saturated carbocycles. The SMILES string of the molecule is Cc1nc(NCc2cncc(C#N)c2)c(Br)c(=O)[nH]1. The van der Waals surface area contributed by atoms with Crippen LogP contribution in [0.5, 0.6) is 0 Å². The zero-order chi connectivity index (χ0) is 13.8. The van der Waals surface area contributed by atoms with Gasteiger partial charge in [0.25, 0.3) is 5.56 Å². The smallest absolute Gasteiger partial charge is 0.267 e. The number of anilines is 1. The van der Waals surface area contributed by atoms with Crippen LogP contribution in [0, 0.1) is 18.3 Å². The van der Waals surface area contributed by atoms with Crippen molar-refractivity contribution in [2.24, 2.45) is 0 Å². The highest BCUT2D eigenvalue weighted by Crippen LogP contribution is 2.15. The Hall–Kier alpha value is -2.20. The lowest BCUT2D eigenvalue weighted by molar-refractivity contribution is 0.982. The monoisotopic (exact) mass is 319 g/mol. The molecule has 0 aliphatic carbocycles. The van der Waals surface area contributed by atoms with Crippen molar-refractivity contribution in [3.63, 3.8) is 0 Å². The number of pyridine rings is 1. The lowest BCUT2D eigenvalue weighted by atomic mass is 10.2. The Morgan fingerprint density at radius 2 is 2.32 bits per heavy atom. The number of aromatic nitrogens is 3. The molecule has 96 valence electrons. The molecule has 2 aromatic heterocycles. The Labute approximate surface area is 117 Å². The summed E-state index contributed by atoms with van der Waals surface area (Å²) in [5.74, 6) is 0.989. The summed E-state index contributed by atoms with van der Waals surface area (Å²) >= 11 is 3.18. The van der Waals surface area contributed by atoms with E-state index in [-0.39, 0.29) is 5.56 Å². The first-order valence-electron chi connectivity index (χ1n) is 5.44. The maximum Gasteiger partial charge on any atom is 0.267 e. The van der Waals surface area contributed by atoms with E-state index in [9.17, 15) is 4.79 Å². The fourth-order valence-corrected chi connectivity index (χ4v) is 1.85. The molecule has 6 nitrogen and oxygen atoms in total. The van der Waals surface area contributed by atoms with Gasteiger partial charge in [-0.2, -0.15) is 5.26 Å². The fraction of sp³-hybridized carbons (Fsp3) is 0.167. The summed E-state index contributed by atoms with van der Waals surface area (Å²) in [5, 5.41) is 11.8. The predicted molar refractivity (Wildman–Crippen MR) is 73.6 cm³/mol. The number of nitriles is 1. The summed E-state index contributed by atoms with van der Waals surface area (Å²) in [5.41, 5.74) is 1.10. The highest BCUT2D eigenvalue weighted by molar-refractivity contribution is 9.10. The molecule has 0 fully saturated rings. The molecule has 2 heterocycles. The molecule has 0 spiro atoms. The van der Waals surface area contributed by atoms with E-state index in [0.717, 1.165) is 5.56 Å². The highest BCUT2D eigenvalue weighted by Gasteiger charge is 2.07. The lowest BCUT2D eigenvalue weighted by Gasteiger charge is -2.07. The number of halogens is 1. The van der Waals surface area contributed by atoms with Gasteiger partial charge in [-0.3, -0.25) is 9.78 Å². The van der Waals surface area contributed by atoms with Crippen LogP contribution in [0.2, 0.25) is 0 Å². The van der Waals surface area contributed by atoms with E-state index < -0.39 is 0 Å². The van der Waals surface area contributed by atoms with Crippen LogP contribution in [0.1, 0.15) is 17.0 Å². The Bertz CT molecular complexity index is 704. The van der Waals surface area contributed by atoms with Crippen molar-refractivity contribution in [3.05, 3.63) is 50.2 Å². The minimum Gasteiger partial charge on any atom is -0.365 e. The Morgan fingerprint density at radius 1 is 1.53 bits per heavy atom. The molecule has 0 amide bonds. The molecule has 2 N–H and O–H groups in total. The number of aromatic amines is 1. The molecule has 0 atom stereocenters. The Kier molecular flexibility index (Phi) is 3.92. The van der Waals surface area contributed by atoms with Crippen molar-refractivity contribution in [2.75, 3.05) is 5.32 Å². The molecule has 0 radical (unpaired) electrons. The number of hydrogen-bond acceptors (Lipinski definition) is 5. The quantitative estimate of drug-likeness (QED) is 0.898. The molecule has 7 heteroatoms. The minimum absolute atomic E-state index is 0.237. The van der Waals surface area contributed by atoms with E-state index in [0.29, 0.717) is 28.2 Å². The molecule has 0 bridgehead atoms. The summed E-state index contributed by atoms with van der Waals surface area (Å²) in [4.78, 5) is 22.3. The van der Waals surface area contributed by atoms with Gasteiger partial charge in [-0.25, -0.2) is 4.98 Å². The number of aryl methyl sites for hydroxylation is 1. The van der Waals surface area contributed by atoms with E-state index in [1.165, 1.54) is 6.20 Å². The van der Waals surface area contributed by atoms with E-state index in [1.807, 2.05) is 6.07 Å². The molecular weight excluding hydrogens is 310 g/mol. The van der Waals surface area contributed by atoms with Crippen molar-refractivity contribution in [1.29, 1.82) is 5.26 Å². The van der Waals surface area contributed by atoms with Gasteiger partial charge >= 0.3 is 0 Å². The van der Waals surface area contributed by atoms with Gasteiger partial charge in [0, 0.05) is 18.9 Å². The van der Waals surface area contributed by atoms with Gasteiger partial charge in [0.2, 0.25) is 0 Å². The largest absolute Gasteiger partial charge is 0.365 e. The van der Waals surface area contributed by atoms with Crippen molar-refractivity contribution in [2.45, 2.75) is 13.5 Å². The van der Waals surface area contributed by atoms with Crippen molar-refractivity contribution < 1.29 is 0 Å². The standard InChI is InChI=1S/C12H10BrN5O/c1-7-17-11(10(13)12(19)18-7)16-6-9-2-8(3-14)4-15-5-9/h2,4-5H,6H2,1H3,(H2,16,17,18,19). The summed E-state index contributed by atoms with van der Waals surface area (Å²) in [6.07, 6.45) is 3.15. The molecule has 19 heavy (non-hydrogen) atoms. The second-order valence-electron chi connectivity index (χ2n) is 3.86. The van der Waals surface area contributed by atoms with Gasteiger partial charge in [0.1, 0.15) is 22.2 Å². The third-order valence-electron chi connectivity index (χ3n) is 2.37. The van der Waals surface area contributed by atoms with E-state index in [1.54, 1.807) is 19.2 Å². The van der Waals surface area contributed by atoms with Crippen LogP contribution < -0.4 is 10.9 Å². The maximum atomic E-state index is 11.5. The third-order valence-corrected chi connectivity index (χ3v) is 3.10. The number of nitrogens with one attached hydrogen (secondary N) is 2. The van der Waals surface area contributed by atoms with Crippen LogP contribution >= 0.6 is 15.9 Å². The Morgan fingerprint density at radius 3 is 3.05 bits per heavy atom. The molecule has 0 aliphatic heterocycles. The third kappa shape index (κ3) is 3.17. The summed E-state index contributed by atoms with van der Waals surface area (Å²) in [6.45, 7) is 2.13. The first kappa shape index (κ1) is 13.2. The van der Waals surface area contributed by atoms with Gasteiger partial charge in [0.05, 0.1) is 5.56 Å². The first-order chi connectivity index (χ1) is 9.10. The average Bonchev–Trinajstić information content (AvgIpc) is 2.41. The van der Waals surface area contributed by atoms with Gasteiger partial charge in [-0.15, -0.1) is 0 Å². The van der Waals surface area contributed by atoms with Crippen LogP contribution in [0.25, 0.3) is 0 Å². The number of H-pyrrole nitrogens is 1. The molecule has 0 aromatic carbocycles. The Balaban J connectivity index is 2.19. The normalized spacial score (nSPS) is 9.95. The first-order valence-corrected chi connectivity index (χ1v) is 6.24. The zero-order valence-corrected chi connectivity index (χ0v) is 11.7. The molecule has 2 rings (SSSR count). The van der Waals surface area contributed by atoms with E-state index in [2.05, 4.69) is 36.2 Å². The lowest BCUT2D eigenvalue weighted by Crippen LogP contribution is -2.14. The highest BCUT2D eigenvalue weighted by atomic mass is 79.9. The average molecular weight is 320 g/mol. The van der Waals surface area contributed by atoms with Crippen LogP contribution in [0.4, 0.5) is 5.82 Å². The van der Waals surface area contributed by atoms with Crippen LogP contribution in [0.3, 0.4) is 0 Å². The summed E-state index contributed by atoms with van der Waals surface area (Å²) < 4.78 is 0.350. The summed E-state index contributed by atoms with van der Waals surface area (Å²) in [7, 11) is 0. The maximum absolute atomic E-state index is 11.5. The van der Waals surface area contributed by atoms with Crippen LogP contribution in [-0.2, 0) is 6.54 Å². The van der Waals surface area contributed by atoms with Crippen LogP contribution in [-0.4, -0.2) is 15.0 Å². The molecule has 0 unspecified atom stereocenters. The molecule has 2 aromatic rings. The molecule has 0 aliphatic rings. The van der Waals surface area contributed by atoms with Crippen molar-refractivity contribution in [1.82, 2.24) is 15.0 Å². The van der Waals surface area contributed by atoms with Gasteiger partial charge < -0.3 is 10.3 Å².